The summed E-state index contributed by atoms with van der Waals surface area (Å²) in [7, 11) is 0. The average Bonchev–Trinajstić information content (AvgIpc) is 2.99. The summed E-state index contributed by atoms with van der Waals surface area (Å²) in [6.07, 6.45) is 7.60. The SMILES string of the molecule is O=C(O)c1cc2c(nc1NCCC1CCCO1)CCCC2. The van der Waals surface area contributed by atoms with Crippen molar-refractivity contribution >= 4 is 11.8 Å². The molecular weight excluding hydrogens is 268 g/mol. The number of rotatable bonds is 5. The molecule has 1 aliphatic heterocycles. The van der Waals surface area contributed by atoms with E-state index in [9.17, 15) is 9.90 Å². The van der Waals surface area contributed by atoms with Crippen molar-refractivity contribution in [2.45, 2.75) is 51.0 Å². The summed E-state index contributed by atoms with van der Waals surface area (Å²) in [5.41, 5.74) is 2.46. The Morgan fingerprint density at radius 1 is 1.38 bits per heavy atom. The van der Waals surface area contributed by atoms with Crippen molar-refractivity contribution in [2.75, 3.05) is 18.5 Å². The molecule has 3 rings (SSSR count). The average molecular weight is 290 g/mol. The number of anilines is 1. The van der Waals surface area contributed by atoms with Gasteiger partial charge in [0.15, 0.2) is 0 Å². The lowest BCUT2D eigenvalue weighted by Gasteiger charge is -2.18. The summed E-state index contributed by atoms with van der Waals surface area (Å²) in [6.45, 7) is 1.55. The van der Waals surface area contributed by atoms with Gasteiger partial charge in [0.05, 0.1) is 6.10 Å². The fraction of sp³-hybridized carbons (Fsp3) is 0.625. The van der Waals surface area contributed by atoms with E-state index < -0.39 is 5.97 Å². The van der Waals surface area contributed by atoms with Crippen LogP contribution < -0.4 is 5.32 Å². The van der Waals surface area contributed by atoms with Crippen molar-refractivity contribution in [3.05, 3.63) is 22.9 Å². The number of aryl methyl sites for hydroxylation is 2. The van der Waals surface area contributed by atoms with Crippen LogP contribution >= 0.6 is 0 Å². The first-order valence-corrected chi connectivity index (χ1v) is 7.85. The number of carboxylic acids is 1. The minimum Gasteiger partial charge on any atom is -0.478 e. The van der Waals surface area contributed by atoms with Crippen LogP contribution in [0.2, 0.25) is 0 Å². The van der Waals surface area contributed by atoms with Gasteiger partial charge in [-0.1, -0.05) is 0 Å². The summed E-state index contributed by atoms with van der Waals surface area (Å²) in [5, 5.41) is 12.6. The van der Waals surface area contributed by atoms with Crippen LogP contribution in [0.5, 0.6) is 0 Å². The number of carboxylic acid groups (broad SMARTS) is 1. The third-order valence-electron chi connectivity index (χ3n) is 4.31. The molecule has 0 amide bonds. The van der Waals surface area contributed by atoms with Gasteiger partial charge in [-0.15, -0.1) is 0 Å². The van der Waals surface area contributed by atoms with E-state index in [-0.39, 0.29) is 0 Å². The molecule has 1 aliphatic carbocycles. The summed E-state index contributed by atoms with van der Waals surface area (Å²) in [6, 6.07) is 1.80. The Morgan fingerprint density at radius 3 is 3.00 bits per heavy atom. The molecule has 1 aromatic rings. The molecule has 0 saturated carbocycles. The molecule has 0 aromatic carbocycles. The molecule has 1 aromatic heterocycles. The number of hydrogen-bond acceptors (Lipinski definition) is 4. The van der Waals surface area contributed by atoms with Gasteiger partial charge in [-0.25, -0.2) is 9.78 Å². The largest absolute Gasteiger partial charge is 0.478 e. The second-order valence-electron chi connectivity index (χ2n) is 5.85. The normalized spacial score (nSPS) is 21.0. The van der Waals surface area contributed by atoms with Gasteiger partial charge in [-0.3, -0.25) is 0 Å². The third kappa shape index (κ3) is 3.35. The second-order valence-corrected chi connectivity index (χ2v) is 5.85. The molecule has 0 radical (unpaired) electrons. The van der Waals surface area contributed by atoms with Gasteiger partial charge < -0.3 is 15.2 Å². The van der Waals surface area contributed by atoms with Crippen molar-refractivity contribution in [1.29, 1.82) is 0 Å². The Morgan fingerprint density at radius 2 is 2.24 bits per heavy atom. The Balaban J connectivity index is 1.71. The highest BCUT2D eigenvalue weighted by molar-refractivity contribution is 5.93. The molecular formula is C16H22N2O3. The van der Waals surface area contributed by atoms with Crippen LogP contribution in [0.4, 0.5) is 5.82 Å². The van der Waals surface area contributed by atoms with Crippen LogP contribution in [0.3, 0.4) is 0 Å². The van der Waals surface area contributed by atoms with Crippen molar-refractivity contribution in [3.8, 4) is 0 Å². The van der Waals surface area contributed by atoms with Crippen LogP contribution in [0.25, 0.3) is 0 Å². The van der Waals surface area contributed by atoms with Crippen molar-refractivity contribution in [3.63, 3.8) is 0 Å². The highest BCUT2D eigenvalue weighted by Crippen LogP contribution is 2.25. The van der Waals surface area contributed by atoms with E-state index in [1.165, 1.54) is 0 Å². The molecule has 114 valence electrons. The predicted octanol–water partition coefficient (Wildman–Crippen LogP) is 2.64. The summed E-state index contributed by atoms with van der Waals surface area (Å²) in [4.78, 5) is 16.0. The third-order valence-corrected chi connectivity index (χ3v) is 4.31. The molecule has 5 heteroatoms. The molecule has 2 heterocycles. The molecule has 5 nitrogen and oxygen atoms in total. The van der Waals surface area contributed by atoms with Crippen molar-refractivity contribution in [2.24, 2.45) is 0 Å². The monoisotopic (exact) mass is 290 g/mol. The van der Waals surface area contributed by atoms with E-state index in [0.717, 1.165) is 62.8 Å². The number of nitrogens with one attached hydrogen (secondary N) is 1. The number of pyridine rings is 1. The Bertz CT molecular complexity index is 524. The summed E-state index contributed by atoms with van der Waals surface area (Å²) in [5.74, 6) is -0.392. The van der Waals surface area contributed by atoms with E-state index in [0.29, 0.717) is 24.0 Å². The maximum atomic E-state index is 11.4. The molecule has 1 saturated heterocycles. The number of hydrogen-bond donors (Lipinski definition) is 2. The van der Waals surface area contributed by atoms with Gasteiger partial charge in [0.2, 0.25) is 0 Å². The first kappa shape index (κ1) is 14.3. The zero-order chi connectivity index (χ0) is 14.7. The molecule has 21 heavy (non-hydrogen) atoms. The smallest absolute Gasteiger partial charge is 0.339 e. The van der Waals surface area contributed by atoms with Gasteiger partial charge >= 0.3 is 5.97 Å². The molecule has 1 atom stereocenters. The Kier molecular flexibility index (Phi) is 4.39. The molecule has 0 spiro atoms. The van der Waals surface area contributed by atoms with Crippen molar-refractivity contribution < 1.29 is 14.6 Å². The minimum atomic E-state index is -0.907. The lowest BCUT2D eigenvalue weighted by atomic mass is 9.94. The zero-order valence-electron chi connectivity index (χ0n) is 12.2. The molecule has 1 fully saturated rings. The van der Waals surface area contributed by atoms with E-state index in [1.54, 1.807) is 6.07 Å². The van der Waals surface area contributed by atoms with Crippen LogP contribution in [0, 0.1) is 0 Å². The number of aromatic carboxylic acids is 1. The van der Waals surface area contributed by atoms with Crippen molar-refractivity contribution in [1.82, 2.24) is 4.98 Å². The second kappa shape index (κ2) is 6.43. The first-order chi connectivity index (χ1) is 10.2. The van der Waals surface area contributed by atoms with Crippen LogP contribution in [0.15, 0.2) is 6.07 Å². The standard InChI is InChI=1S/C16H22N2O3/c19-16(20)13-10-11-4-1-2-6-14(11)18-15(13)17-8-7-12-5-3-9-21-12/h10,12H,1-9H2,(H,17,18)(H,19,20). The van der Waals surface area contributed by atoms with E-state index in [1.807, 2.05) is 0 Å². The molecule has 2 N–H and O–H groups in total. The van der Waals surface area contributed by atoms with E-state index in [2.05, 4.69) is 10.3 Å². The molecule has 2 aliphatic rings. The van der Waals surface area contributed by atoms with Gasteiger partial charge in [0, 0.05) is 18.8 Å². The maximum Gasteiger partial charge on any atom is 0.339 e. The number of ether oxygens (including phenoxy) is 1. The highest BCUT2D eigenvalue weighted by atomic mass is 16.5. The van der Waals surface area contributed by atoms with Gasteiger partial charge in [-0.05, 0) is 56.6 Å². The quantitative estimate of drug-likeness (QED) is 0.872. The predicted molar refractivity (Wildman–Crippen MR) is 79.9 cm³/mol. The number of nitrogens with zero attached hydrogens (tertiary/aromatic N) is 1. The lowest BCUT2D eigenvalue weighted by molar-refractivity contribution is 0.0697. The van der Waals surface area contributed by atoms with Crippen LogP contribution in [-0.2, 0) is 17.6 Å². The molecule has 1 unspecified atom stereocenters. The fourth-order valence-electron chi connectivity index (χ4n) is 3.16. The van der Waals surface area contributed by atoms with Gasteiger partial charge in [0.1, 0.15) is 11.4 Å². The van der Waals surface area contributed by atoms with E-state index in [4.69, 9.17) is 4.74 Å². The number of fused-ring (bicyclic) bond motifs is 1. The number of carbonyl (C=O) groups is 1. The summed E-state index contributed by atoms with van der Waals surface area (Å²) < 4.78 is 5.58. The van der Waals surface area contributed by atoms with E-state index >= 15 is 0 Å². The van der Waals surface area contributed by atoms with Crippen LogP contribution in [0.1, 0.15) is 53.7 Å². The Labute approximate surface area is 124 Å². The minimum absolute atomic E-state index is 0.294. The summed E-state index contributed by atoms with van der Waals surface area (Å²) >= 11 is 0. The van der Waals surface area contributed by atoms with Gasteiger partial charge in [0.25, 0.3) is 0 Å². The molecule has 0 bridgehead atoms. The zero-order valence-corrected chi connectivity index (χ0v) is 12.2. The fourth-order valence-corrected chi connectivity index (χ4v) is 3.16. The number of aromatic nitrogens is 1. The Hall–Kier alpha value is -1.62. The maximum absolute atomic E-state index is 11.4. The highest BCUT2D eigenvalue weighted by Gasteiger charge is 2.19. The van der Waals surface area contributed by atoms with Gasteiger partial charge in [-0.2, -0.15) is 0 Å². The first-order valence-electron chi connectivity index (χ1n) is 7.85. The lowest BCUT2D eigenvalue weighted by Crippen LogP contribution is -2.17. The van der Waals surface area contributed by atoms with Crippen LogP contribution in [-0.4, -0.2) is 35.3 Å². The topological polar surface area (TPSA) is 71.5 Å².